The van der Waals surface area contributed by atoms with Crippen LogP contribution in [0.5, 0.6) is 0 Å². The lowest BCUT2D eigenvalue weighted by Crippen LogP contribution is -2.11. The molecule has 0 N–H and O–H groups in total. The molecule has 2 nitrogen and oxygen atoms in total. The Morgan fingerprint density at radius 2 is 0.827 bits per heavy atom. The van der Waals surface area contributed by atoms with E-state index in [4.69, 9.17) is 4.42 Å². The first-order valence-corrected chi connectivity index (χ1v) is 17.7. The maximum atomic E-state index is 6.32. The number of benzene rings is 8. The number of nitrogens with zero attached hydrogens (tertiary/aromatic N) is 1. The first kappa shape index (κ1) is 31.1. The molecule has 0 aliphatic heterocycles. The summed E-state index contributed by atoms with van der Waals surface area (Å²) in [6, 6.07) is 75.3. The molecule has 0 fully saturated rings. The standard InChI is InChI=1S/C50H35NO/c1-3-14-36(15-4-1)38-26-28-40(29-27-38)46-22-10-11-24-48(46)51(44-20-13-19-41(34-44)37-16-5-2-6-17-37)43-32-30-39(31-33-43)45-21-8-9-23-47(45)50-35-42-18-7-12-25-49(42)52-50/h1-35H. The Kier molecular flexibility index (Phi) is 8.24. The number of furan rings is 1. The molecule has 9 aromatic rings. The van der Waals surface area contributed by atoms with Gasteiger partial charge in [-0.25, -0.2) is 0 Å². The van der Waals surface area contributed by atoms with Crippen LogP contribution < -0.4 is 4.90 Å². The number of anilines is 3. The second kappa shape index (κ2) is 13.8. The molecule has 0 saturated carbocycles. The second-order valence-electron chi connectivity index (χ2n) is 13.0. The summed E-state index contributed by atoms with van der Waals surface area (Å²) in [5.74, 6) is 0.868. The molecule has 1 heterocycles. The molecular formula is C50H35NO. The molecule has 0 saturated heterocycles. The lowest BCUT2D eigenvalue weighted by molar-refractivity contribution is 0.632. The van der Waals surface area contributed by atoms with Crippen molar-refractivity contribution < 1.29 is 4.42 Å². The molecule has 9 rings (SSSR count). The summed E-state index contributed by atoms with van der Waals surface area (Å²) in [6.07, 6.45) is 0. The van der Waals surface area contributed by atoms with Gasteiger partial charge in [0.25, 0.3) is 0 Å². The monoisotopic (exact) mass is 665 g/mol. The van der Waals surface area contributed by atoms with Crippen molar-refractivity contribution in [3.05, 3.63) is 212 Å². The van der Waals surface area contributed by atoms with Crippen LogP contribution in [0.15, 0.2) is 217 Å². The molecule has 0 aliphatic carbocycles. The van der Waals surface area contributed by atoms with Gasteiger partial charge in [-0.2, -0.15) is 0 Å². The third-order valence-corrected chi connectivity index (χ3v) is 9.71. The van der Waals surface area contributed by atoms with Gasteiger partial charge in [-0.1, -0.05) is 170 Å². The Bertz CT molecular complexity index is 2570. The Morgan fingerprint density at radius 1 is 0.308 bits per heavy atom. The third-order valence-electron chi connectivity index (χ3n) is 9.71. The fourth-order valence-corrected chi connectivity index (χ4v) is 7.12. The molecule has 0 radical (unpaired) electrons. The summed E-state index contributed by atoms with van der Waals surface area (Å²) in [5.41, 5.74) is 14.6. The molecule has 2 heteroatoms. The molecule has 246 valence electrons. The van der Waals surface area contributed by atoms with Crippen LogP contribution in [0, 0.1) is 0 Å². The Hall–Kier alpha value is -6.90. The summed E-state index contributed by atoms with van der Waals surface area (Å²) in [4.78, 5) is 2.38. The van der Waals surface area contributed by atoms with Crippen molar-refractivity contribution in [1.82, 2.24) is 0 Å². The van der Waals surface area contributed by atoms with Crippen molar-refractivity contribution in [2.75, 3.05) is 4.90 Å². The van der Waals surface area contributed by atoms with Crippen molar-refractivity contribution in [2.45, 2.75) is 0 Å². The van der Waals surface area contributed by atoms with Crippen LogP contribution in [-0.4, -0.2) is 0 Å². The van der Waals surface area contributed by atoms with Crippen molar-refractivity contribution in [1.29, 1.82) is 0 Å². The SMILES string of the molecule is c1ccc(-c2ccc(-c3ccccc3N(c3ccc(-c4ccccc4-c4cc5ccccc5o4)cc3)c3cccc(-c4ccccc4)c3)cc2)cc1. The summed E-state index contributed by atoms with van der Waals surface area (Å²) >= 11 is 0. The molecule has 0 unspecified atom stereocenters. The minimum atomic E-state index is 0.868. The van der Waals surface area contributed by atoms with Gasteiger partial charge >= 0.3 is 0 Å². The predicted molar refractivity (Wildman–Crippen MR) is 218 cm³/mol. The van der Waals surface area contributed by atoms with Gasteiger partial charge < -0.3 is 9.32 Å². The van der Waals surface area contributed by atoms with Gasteiger partial charge in [-0.05, 0) is 81.4 Å². The smallest absolute Gasteiger partial charge is 0.136 e. The van der Waals surface area contributed by atoms with Crippen molar-refractivity contribution >= 4 is 28.0 Å². The van der Waals surface area contributed by atoms with E-state index in [1.807, 2.05) is 18.2 Å². The number of para-hydroxylation sites is 2. The number of rotatable bonds is 8. The number of hydrogen-bond donors (Lipinski definition) is 0. The Balaban J connectivity index is 1.15. The van der Waals surface area contributed by atoms with Gasteiger partial charge in [0, 0.05) is 27.9 Å². The highest BCUT2D eigenvalue weighted by Crippen LogP contribution is 2.43. The minimum absolute atomic E-state index is 0.868. The van der Waals surface area contributed by atoms with Gasteiger partial charge in [0.2, 0.25) is 0 Å². The molecular weight excluding hydrogens is 631 g/mol. The molecule has 1 aromatic heterocycles. The minimum Gasteiger partial charge on any atom is -0.456 e. The lowest BCUT2D eigenvalue weighted by Gasteiger charge is -2.28. The van der Waals surface area contributed by atoms with Gasteiger partial charge in [0.05, 0.1) is 5.69 Å². The summed E-state index contributed by atoms with van der Waals surface area (Å²) in [5, 5.41) is 1.10. The highest BCUT2D eigenvalue weighted by atomic mass is 16.3. The van der Waals surface area contributed by atoms with Gasteiger partial charge in [-0.3, -0.25) is 0 Å². The molecule has 8 aromatic carbocycles. The average Bonchev–Trinajstić information content (AvgIpc) is 3.67. The van der Waals surface area contributed by atoms with E-state index >= 15 is 0 Å². The van der Waals surface area contributed by atoms with E-state index in [-0.39, 0.29) is 0 Å². The molecule has 0 atom stereocenters. The quantitative estimate of drug-likeness (QED) is 0.161. The molecule has 52 heavy (non-hydrogen) atoms. The van der Waals surface area contributed by atoms with Crippen LogP contribution in [0.3, 0.4) is 0 Å². The first-order valence-electron chi connectivity index (χ1n) is 17.7. The maximum Gasteiger partial charge on any atom is 0.136 e. The van der Waals surface area contributed by atoms with Crippen LogP contribution in [0.4, 0.5) is 17.1 Å². The zero-order valence-electron chi connectivity index (χ0n) is 28.6. The highest BCUT2D eigenvalue weighted by molar-refractivity contribution is 5.91. The van der Waals surface area contributed by atoms with Gasteiger partial charge in [0.1, 0.15) is 11.3 Å². The van der Waals surface area contributed by atoms with E-state index in [2.05, 4.69) is 199 Å². The average molecular weight is 666 g/mol. The fraction of sp³-hybridized carbons (Fsp3) is 0. The Labute approximate surface area is 304 Å². The molecule has 0 spiro atoms. The first-order chi connectivity index (χ1) is 25.8. The van der Waals surface area contributed by atoms with Crippen LogP contribution in [0.2, 0.25) is 0 Å². The lowest BCUT2D eigenvalue weighted by atomic mass is 9.96. The highest BCUT2D eigenvalue weighted by Gasteiger charge is 2.19. The zero-order valence-corrected chi connectivity index (χ0v) is 28.6. The van der Waals surface area contributed by atoms with Crippen molar-refractivity contribution in [2.24, 2.45) is 0 Å². The van der Waals surface area contributed by atoms with Crippen molar-refractivity contribution in [3.63, 3.8) is 0 Å². The van der Waals surface area contributed by atoms with E-state index in [0.717, 1.165) is 61.6 Å². The van der Waals surface area contributed by atoms with Crippen LogP contribution in [-0.2, 0) is 0 Å². The van der Waals surface area contributed by atoms with E-state index in [1.165, 1.54) is 22.3 Å². The molecule has 0 bridgehead atoms. The van der Waals surface area contributed by atoms with E-state index in [9.17, 15) is 0 Å². The van der Waals surface area contributed by atoms with Crippen LogP contribution in [0.1, 0.15) is 0 Å². The van der Waals surface area contributed by atoms with Crippen LogP contribution >= 0.6 is 0 Å². The summed E-state index contributed by atoms with van der Waals surface area (Å²) in [6.45, 7) is 0. The van der Waals surface area contributed by atoms with Crippen LogP contribution in [0.25, 0.3) is 66.8 Å². The maximum absolute atomic E-state index is 6.32. The number of hydrogen-bond acceptors (Lipinski definition) is 2. The van der Waals surface area contributed by atoms with E-state index in [0.29, 0.717) is 0 Å². The number of fused-ring (bicyclic) bond motifs is 1. The van der Waals surface area contributed by atoms with E-state index < -0.39 is 0 Å². The van der Waals surface area contributed by atoms with Crippen molar-refractivity contribution in [3.8, 4) is 55.8 Å². The molecule has 0 amide bonds. The largest absolute Gasteiger partial charge is 0.456 e. The van der Waals surface area contributed by atoms with E-state index in [1.54, 1.807) is 0 Å². The predicted octanol–water partition coefficient (Wildman–Crippen LogP) is 14.2. The second-order valence-corrected chi connectivity index (χ2v) is 13.0. The molecule has 0 aliphatic rings. The third kappa shape index (κ3) is 6.08. The summed E-state index contributed by atoms with van der Waals surface area (Å²) < 4.78 is 6.32. The summed E-state index contributed by atoms with van der Waals surface area (Å²) in [7, 11) is 0. The Morgan fingerprint density at radius 3 is 1.56 bits per heavy atom. The topological polar surface area (TPSA) is 16.4 Å². The van der Waals surface area contributed by atoms with Gasteiger partial charge in [-0.15, -0.1) is 0 Å². The zero-order chi connectivity index (χ0) is 34.7. The van der Waals surface area contributed by atoms with Gasteiger partial charge in [0.15, 0.2) is 0 Å². The fourth-order valence-electron chi connectivity index (χ4n) is 7.12. The normalized spacial score (nSPS) is 11.1.